The third-order valence-corrected chi connectivity index (χ3v) is 7.13. The Hall–Kier alpha value is -3.91. The third-order valence-electron chi connectivity index (χ3n) is 6.06. The van der Waals surface area contributed by atoms with Gasteiger partial charge in [0.15, 0.2) is 0 Å². The van der Waals surface area contributed by atoms with Crippen LogP contribution in [0.5, 0.6) is 5.75 Å². The lowest BCUT2D eigenvalue weighted by atomic mass is 9.96. The number of ether oxygens (including phenoxy) is 1. The summed E-state index contributed by atoms with van der Waals surface area (Å²) in [6.45, 7) is 2.47. The molecule has 0 aromatic heterocycles. The van der Waals surface area contributed by atoms with Crippen molar-refractivity contribution >= 4 is 40.0 Å². The number of carbonyl (C=O) groups is 2. The molecule has 0 bridgehead atoms. The van der Waals surface area contributed by atoms with Crippen molar-refractivity contribution in [1.29, 1.82) is 0 Å². The molecule has 0 spiro atoms. The average molecular weight is 515 g/mol. The van der Waals surface area contributed by atoms with E-state index in [1.807, 2.05) is 30.3 Å². The highest BCUT2D eigenvalue weighted by Crippen LogP contribution is 2.26. The van der Waals surface area contributed by atoms with Crippen LogP contribution < -0.4 is 15.8 Å². The van der Waals surface area contributed by atoms with Crippen LogP contribution in [0.1, 0.15) is 34.8 Å². The van der Waals surface area contributed by atoms with E-state index < -0.39 is 5.91 Å². The smallest absolute Gasteiger partial charge is 0.248 e. The number of thioether (sulfide) groups is 1. The minimum Gasteiger partial charge on any atom is -0.488 e. The van der Waals surface area contributed by atoms with Crippen LogP contribution in [0, 0.1) is 5.92 Å². The van der Waals surface area contributed by atoms with E-state index >= 15 is 0 Å². The van der Waals surface area contributed by atoms with Crippen LogP contribution in [0.3, 0.4) is 0 Å². The van der Waals surface area contributed by atoms with Crippen molar-refractivity contribution in [2.45, 2.75) is 26.2 Å². The second-order valence-electron chi connectivity index (χ2n) is 8.67. The molecule has 0 saturated carbocycles. The van der Waals surface area contributed by atoms with E-state index in [2.05, 4.69) is 46.7 Å². The molecular weight excluding hydrogens is 484 g/mol. The van der Waals surface area contributed by atoms with E-state index in [1.165, 1.54) is 22.9 Å². The molecule has 1 atom stereocenters. The number of nitrogens with two attached hydrogens (primary N) is 1. The number of nitrogens with zero attached hydrogens (tertiary/aromatic N) is 2. The van der Waals surface area contributed by atoms with E-state index in [4.69, 9.17) is 10.5 Å². The van der Waals surface area contributed by atoms with Gasteiger partial charge in [-0.2, -0.15) is 5.10 Å². The molecule has 3 aromatic carbocycles. The highest BCUT2D eigenvalue weighted by molar-refractivity contribution is 8.14. The molecule has 2 amide bonds. The van der Waals surface area contributed by atoms with Crippen LogP contribution in [0.25, 0.3) is 0 Å². The standard InChI is InChI=1S/C29H30N4O3S/c1-2-20-8-15-24(16-9-20)36-18-26-25(17-10-21-6-4-3-5-7-21)29(33-32-26)37-19-27(34)31-23-13-11-22(12-14-23)28(30)35/h3-9,11-16,25H,2,10,17-19H2,1H3,(H2,30,35)(H,31,34). The van der Waals surface area contributed by atoms with Gasteiger partial charge in [-0.15, -0.1) is 5.10 Å². The molecule has 3 aromatic rings. The highest BCUT2D eigenvalue weighted by atomic mass is 32.2. The molecule has 1 unspecified atom stereocenters. The highest BCUT2D eigenvalue weighted by Gasteiger charge is 2.28. The number of primary amides is 1. The second-order valence-corrected chi connectivity index (χ2v) is 9.67. The lowest BCUT2D eigenvalue weighted by Gasteiger charge is -2.16. The van der Waals surface area contributed by atoms with Gasteiger partial charge in [-0.25, -0.2) is 0 Å². The second kappa shape index (κ2) is 12.9. The maximum atomic E-state index is 12.6. The number of aryl methyl sites for hydroxylation is 2. The van der Waals surface area contributed by atoms with Crippen molar-refractivity contribution in [3.8, 4) is 5.75 Å². The van der Waals surface area contributed by atoms with E-state index in [0.29, 0.717) is 17.9 Å². The van der Waals surface area contributed by atoms with Gasteiger partial charge in [0.1, 0.15) is 17.4 Å². The number of nitrogens with one attached hydrogen (secondary N) is 1. The summed E-state index contributed by atoms with van der Waals surface area (Å²) in [6.07, 6.45) is 2.67. The molecule has 0 radical (unpaired) electrons. The lowest BCUT2D eigenvalue weighted by Crippen LogP contribution is -2.26. The molecule has 0 aliphatic carbocycles. The molecule has 190 valence electrons. The van der Waals surface area contributed by atoms with Gasteiger partial charge in [0.25, 0.3) is 0 Å². The average Bonchev–Trinajstić information content (AvgIpc) is 3.32. The van der Waals surface area contributed by atoms with E-state index in [1.54, 1.807) is 24.3 Å². The summed E-state index contributed by atoms with van der Waals surface area (Å²) in [5, 5.41) is 12.5. The minimum absolute atomic E-state index is 0.0113. The summed E-state index contributed by atoms with van der Waals surface area (Å²) < 4.78 is 6.03. The monoisotopic (exact) mass is 514 g/mol. The zero-order chi connectivity index (χ0) is 26.0. The Labute approximate surface area is 221 Å². The quantitative estimate of drug-likeness (QED) is 0.371. The first-order valence-corrected chi connectivity index (χ1v) is 13.2. The number of hydrogen-bond donors (Lipinski definition) is 2. The van der Waals surface area contributed by atoms with Crippen molar-refractivity contribution in [3.05, 3.63) is 95.6 Å². The predicted molar refractivity (Wildman–Crippen MR) is 150 cm³/mol. The SMILES string of the molecule is CCc1ccc(OCC2=NN=C(SCC(=O)Nc3ccc(C(N)=O)cc3)C2CCc2ccccc2)cc1. The van der Waals surface area contributed by atoms with E-state index in [-0.39, 0.29) is 17.6 Å². The summed E-state index contributed by atoms with van der Waals surface area (Å²) in [6, 6.07) is 24.9. The fraction of sp³-hybridized carbons (Fsp3) is 0.241. The number of hydrogen-bond acceptors (Lipinski definition) is 6. The fourth-order valence-corrected chi connectivity index (χ4v) is 4.84. The number of anilines is 1. The summed E-state index contributed by atoms with van der Waals surface area (Å²) in [5.41, 5.74) is 9.63. The summed E-state index contributed by atoms with van der Waals surface area (Å²) in [4.78, 5) is 23.8. The number of amides is 2. The minimum atomic E-state index is -0.507. The molecule has 0 fully saturated rings. The fourth-order valence-electron chi connectivity index (χ4n) is 3.93. The summed E-state index contributed by atoms with van der Waals surface area (Å²) in [5.74, 6) is 0.307. The van der Waals surface area contributed by atoms with E-state index in [9.17, 15) is 9.59 Å². The van der Waals surface area contributed by atoms with Crippen molar-refractivity contribution in [2.75, 3.05) is 17.7 Å². The van der Waals surface area contributed by atoms with Crippen molar-refractivity contribution < 1.29 is 14.3 Å². The first-order chi connectivity index (χ1) is 18.0. The van der Waals surface area contributed by atoms with Gasteiger partial charge in [0.2, 0.25) is 11.8 Å². The molecule has 4 rings (SSSR count). The topological polar surface area (TPSA) is 106 Å². The molecule has 0 saturated heterocycles. The first-order valence-electron chi connectivity index (χ1n) is 12.2. The predicted octanol–water partition coefficient (Wildman–Crippen LogP) is 5.12. The zero-order valence-corrected chi connectivity index (χ0v) is 21.5. The Morgan fingerprint density at radius 2 is 1.68 bits per heavy atom. The van der Waals surface area contributed by atoms with Crippen LogP contribution in [0.15, 0.2) is 89.1 Å². The van der Waals surface area contributed by atoms with Crippen molar-refractivity contribution in [3.63, 3.8) is 0 Å². The molecule has 3 N–H and O–H groups in total. The van der Waals surface area contributed by atoms with Gasteiger partial charge in [0.05, 0.1) is 17.4 Å². The first kappa shape index (κ1) is 26.2. The van der Waals surface area contributed by atoms with Gasteiger partial charge < -0.3 is 15.8 Å². The summed E-state index contributed by atoms with van der Waals surface area (Å²) >= 11 is 1.39. The Morgan fingerprint density at radius 1 is 0.946 bits per heavy atom. The zero-order valence-electron chi connectivity index (χ0n) is 20.7. The van der Waals surface area contributed by atoms with Crippen LogP contribution >= 0.6 is 11.8 Å². The number of benzene rings is 3. The molecule has 1 aliphatic rings. The Morgan fingerprint density at radius 3 is 2.35 bits per heavy atom. The third kappa shape index (κ3) is 7.54. The van der Waals surface area contributed by atoms with Crippen LogP contribution in [0.2, 0.25) is 0 Å². The number of rotatable bonds is 11. The van der Waals surface area contributed by atoms with Crippen LogP contribution in [-0.4, -0.2) is 34.9 Å². The molecule has 8 heteroatoms. The Bertz CT molecular complexity index is 1270. The molecule has 1 aliphatic heterocycles. The maximum Gasteiger partial charge on any atom is 0.248 e. The summed E-state index contributed by atoms with van der Waals surface area (Å²) in [7, 11) is 0. The Balaban J connectivity index is 1.35. The van der Waals surface area contributed by atoms with Gasteiger partial charge in [0, 0.05) is 11.3 Å². The number of carbonyl (C=O) groups excluding carboxylic acids is 2. The van der Waals surface area contributed by atoms with Crippen molar-refractivity contribution in [1.82, 2.24) is 0 Å². The largest absolute Gasteiger partial charge is 0.488 e. The molecule has 1 heterocycles. The normalized spacial score (nSPS) is 14.6. The van der Waals surface area contributed by atoms with Crippen LogP contribution in [0.4, 0.5) is 5.69 Å². The van der Waals surface area contributed by atoms with Crippen molar-refractivity contribution in [2.24, 2.45) is 21.9 Å². The van der Waals surface area contributed by atoms with Gasteiger partial charge in [-0.3, -0.25) is 9.59 Å². The van der Waals surface area contributed by atoms with Gasteiger partial charge in [-0.05, 0) is 66.8 Å². The molecular formula is C29H30N4O3S. The lowest BCUT2D eigenvalue weighted by molar-refractivity contribution is -0.113. The van der Waals surface area contributed by atoms with Gasteiger partial charge >= 0.3 is 0 Å². The molecule has 7 nitrogen and oxygen atoms in total. The van der Waals surface area contributed by atoms with Crippen LogP contribution in [-0.2, 0) is 17.6 Å². The Kier molecular flexibility index (Phi) is 9.10. The molecule has 37 heavy (non-hydrogen) atoms. The maximum absolute atomic E-state index is 12.6. The van der Waals surface area contributed by atoms with E-state index in [0.717, 1.165) is 35.8 Å². The van der Waals surface area contributed by atoms with Gasteiger partial charge in [-0.1, -0.05) is 61.2 Å².